The molecule has 0 saturated heterocycles. The van der Waals surface area contributed by atoms with Crippen LogP contribution in [0, 0.1) is 10.1 Å². The quantitative estimate of drug-likeness (QED) is 0.612. The van der Waals surface area contributed by atoms with Crippen molar-refractivity contribution in [2.24, 2.45) is 0 Å². The average molecular weight is 243 g/mol. The number of nitrogens with zero attached hydrogens (tertiary/aromatic N) is 3. The van der Waals surface area contributed by atoms with Crippen molar-refractivity contribution in [3.8, 4) is 5.69 Å². The third-order valence-corrected chi connectivity index (χ3v) is 2.55. The number of hydrogen-bond donors (Lipinski definition) is 0. The molecule has 0 spiro atoms. The Bertz CT molecular complexity index is 573. The van der Waals surface area contributed by atoms with Crippen molar-refractivity contribution in [1.82, 2.24) is 9.78 Å². The molecule has 5 nitrogen and oxygen atoms in total. The number of hydrogen-bond acceptors (Lipinski definition) is 3. The minimum Gasteiger partial charge on any atom is -0.259 e. The fraction of sp³-hybridized carbons (Fsp3) is 0.154. The van der Waals surface area contributed by atoms with E-state index >= 15 is 0 Å². The van der Waals surface area contributed by atoms with E-state index in [2.05, 4.69) is 5.10 Å². The van der Waals surface area contributed by atoms with Gasteiger partial charge in [-0.15, -0.1) is 0 Å². The molecule has 0 aliphatic heterocycles. The summed E-state index contributed by atoms with van der Waals surface area (Å²) in [6.45, 7) is 1.76. The Morgan fingerprint density at radius 3 is 2.78 bits per heavy atom. The van der Waals surface area contributed by atoms with Crippen molar-refractivity contribution in [3.63, 3.8) is 0 Å². The third-order valence-electron chi connectivity index (χ3n) is 2.55. The van der Waals surface area contributed by atoms with Crippen LogP contribution in [0.3, 0.4) is 0 Å². The molecule has 0 fully saturated rings. The molecule has 0 amide bonds. The highest BCUT2D eigenvalue weighted by molar-refractivity contribution is 5.49. The molecule has 0 radical (unpaired) electrons. The van der Waals surface area contributed by atoms with Crippen LogP contribution in [0.25, 0.3) is 11.8 Å². The number of benzene rings is 1. The van der Waals surface area contributed by atoms with Crippen molar-refractivity contribution >= 4 is 6.08 Å². The summed E-state index contributed by atoms with van der Waals surface area (Å²) in [6, 6.07) is 9.61. The molecule has 1 aromatic carbocycles. The van der Waals surface area contributed by atoms with Gasteiger partial charge in [0.1, 0.15) is 0 Å². The largest absolute Gasteiger partial charge is 0.259 e. The maximum absolute atomic E-state index is 10.7. The summed E-state index contributed by atoms with van der Waals surface area (Å²) in [4.78, 5) is 10.4. The Morgan fingerprint density at radius 2 is 2.17 bits per heavy atom. The highest BCUT2D eigenvalue weighted by Crippen LogP contribution is 2.12. The second-order valence-corrected chi connectivity index (χ2v) is 3.80. The van der Waals surface area contributed by atoms with E-state index in [1.165, 1.54) is 0 Å². The molecule has 0 N–H and O–H groups in total. The zero-order valence-corrected chi connectivity index (χ0v) is 9.98. The van der Waals surface area contributed by atoms with Gasteiger partial charge in [0.25, 0.3) is 0 Å². The summed E-state index contributed by atoms with van der Waals surface area (Å²) in [5.41, 5.74) is 1.84. The van der Waals surface area contributed by atoms with Crippen LogP contribution in [0.2, 0.25) is 0 Å². The average Bonchev–Trinajstić information content (AvgIpc) is 2.85. The smallest absolute Gasteiger partial charge is 0.246 e. The van der Waals surface area contributed by atoms with Crippen LogP contribution in [-0.4, -0.2) is 14.7 Å². The van der Waals surface area contributed by atoms with Gasteiger partial charge in [0.15, 0.2) is 0 Å². The number of para-hydroxylation sites is 1. The fourth-order valence-electron chi connectivity index (χ4n) is 1.61. The van der Waals surface area contributed by atoms with Gasteiger partial charge in [-0.1, -0.05) is 25.1 Å². The first-order chi connectivity index (χ1) is 8.70. The monoisotopic (exact) mass is 243 g/mol. The normalized spacial score (nSPS) is 11.5. The van der Waals surface area contributed by atoms with Crippen LogP contribution in [0.4, 0.5) is 0 Å². The van der Waals surface area contributed by atoms with Crippen LogP contribution >= 0.6 is 0 Å². The molecule has 92 valence electrons. The van der Waals surface area contributed by atoms with Crippen LogP contribution in [0.5, 0.6) is 0 Å². The standard InChI is InChI=1S/C13H13N3O2/c1-2-12(16(17)18)8-11-9-14-15(10-11)13-6-4-3-5-7-13/h3-10H,2H2,1H3. The molecular formula is C13H13N3O2. The Hall–Kier alpha value is -2.43. The maximum Gasteiger partial charge on any atom is 0.246 e. The van der Waals surface area contributed by atoms with Crippen LogP contribution < -0.4 is 0 Å². The van der Waals surface area contributed by atoms with E-state index in [1.54, 1.807) is 30.1 Å². The van der Waals surface area contributed by atoms with Gasteiger partial charge in [0, 0.05) is 24.3 Å². The lowest BCUT2D eigenvalue weighted by atomic mass is 10.2. The predicted molar refractivity (Wildman–Crippen MR) is 68.8 cm³/mol. The Labute approximate surface area is 105 Å². The molecule has 0 unspecified atom stereocenters. The van der Waals surface area contributed by atoms with Gasteiger partial charge in [0.2, 0.25) is 5.70 Å². The van der Waals surface area contributed by atoms with Gasteiger partial charge in [-0.05, 0) is 12.1 Å². The number of rotatable bonds is 4. The lowest BCUT2D eigenvalue weighted by molar-refractivity contribution is -0.425. The van der Waals surface area contributed by atoms with E-state index in [0.717, 1.165) is 11.3 Å². The third kappa shape index (κ3) is 2.63. The first-order valence-corrected chi connectivity index (χ1v) is 5.65. The van der Waals surface area contributed by atoms with E-state index in [4.69, 9.17) is 0 Å². The number of allylic oxidation sites excluding steroid dienone is 1. The van der Waals surface area contributed by atoms with E-state index < -0.39 is 0 Å². The Kier molecular flexibility index (Phi) is 3.52. The van der Waals surface area contributed by atoms with Crippen LogP contribution in [0.1, 0.15) is 18.9 Å². The summed E-state index contributed by atoms with van der Waals surface area (Å²) < 4.78 is 1.69. The zero-order valence-electron chi connectivity index (χ0n) is 9.98. The molecule has 1 heterocycles. The lowest BCUT2D eigenvalue weighted by Gasteiger charge is -1.98. The molecule has 0 aliphatic carbocycles. The molecule has 1 aromatic heterocycles. The van der Waals surface area contributed by atoms with Gasteiger partial charge in [0.05, 0.1) is 16.8 Å². The second kappa shape index (κ2) is 5.27. The number of nitro groups is 1. The molecule has 2 rings (SSSR count). The minimum absolute atomic E-state index is 0.183. The Balaban J connectivity index is 2.29. The molecule has 5 heteroatoms. The van der Waals surface area contributed by atoms with Crippen LogP contribution in [0.15, 0.2) is 48.4 Å². The van der Waals surface area contributed by atoms with Crippen molar-refractivity contribution in [2.75, 3.05) is 0 Å². The van der Waals surface area contributed by atoms with Gasteiger partial charge in [-0.25, -0.2) is 4.68 Å². The van der Waals surface area contributed by atoms with Crippen LogP contribution in [-0.2, 0) is 0 Å². The molecule has 0 atom stereocenters. The lowest BCUT2D eigenvalue weighted by Crippen LogP contribution is -1.96. The molecule has 2 aromatic rings. The van der Waals surface area contributed by atoms with Gasteiger partial charge in [-0.3, -0.25) is 10.1 Å². The van der Waals surface area contributed by atoms with Crippen molar-refractivity contribution < 1.29 is 4.92 Å². The molecule has 18 heavy (non-hydrogen) atoms. The molecule has 0 aliphatic rings. The summed E-state index contributed by atoms with van der Waals surface area (Å²) in [5, 5.41) is 14.9. The van der Waals surface area contributed by atoms with E-state index in [9.17, 15) is 10.1 Å². The minimum atomic E-state index is -0.361. The molecule has 0 saturated carbocycles. The topological polar surface area (TPSA) is 61.0 Å². The first kappa shape index (κ1) is 12.0. The van der Waals surface area contributed by atoms with Gasteiger partial charge in [-0.2, -0.15) is 5.10 Å². The first-order valence-electron chi connectivity index (χ1n) is 5.65. The predicted octanol–water partition coefficient (Wildman–Crippen LogP) is 2.90. The summed E-state index contributed by atoms with van der Waals surface area (Å²) >= 11 is 0. The van der Waals surface area contributed by atoms with Gasteiger partial charge >= 0.3 is 0 Å². The number of aromatic nitrogens is 2. The highest BCUT2D eigenvalue weighted by Gasteiger charge is 2.08. The van der Waals surface area contributed by atoms with Gasteiger partial charge < -0.3 is 0 Å². The molecule has 0 bridgehead atoms. The Morgan fingerprint density at radius 1 is 1.44 bits per heavy atom. The maximum atomic E-state index is 10.7. The van der Waals surface area contributed by atoms with Crippen molar-refractivity contribution in [3.05, 3.63) is 64.1 Å². The van der Waals surface area contributed by atoms with Crippen molar-refractivity contribution in [1.29, 1.82) is 0 Å². The summed E-state index contributed by atoms with van der Waals surface area (Å²) in [5.74, 6) is 0. The zero-order chi connectivity index (χ0) is 13.0. The summed E-state index contributed by atoms with van der Waals surface area (Å²) in [7, 11) is 0. The second-order valence-electron chi connectivity index (χ2n) is 3.80. The fourth-order valence-corrected chi connectivity index (χ4v) is 1.61. The SMILES string of the molecule is CCC(=Cc1cnn(-c2ccccc2)c1)[N+](=O)[O-]. The molecular weight excluding hydrogens is 230 g/mol. The summed E-state index contributed by atoms with van der Waals surface area (Å²) in [6.07, 6.45) is 5.33. The van der Waals surface area contributed by atoms with E-state index in [0.29, 0.717) is 6.42 Å². The highest BCUT2D eigenvalue weighted by atomic mass is 16.6. The van der Waals surface area contributed by atoms with Crippen molar-refractivity contribution in [2.45, 2.75) is 13.3 Å². The van der Waals surface area contributed by atoms with E-state index in [-0.39, 0.29) is 10.6 Å². The van der Waals surface area contributed by atoms with E-state index in [1.807, 2.05) is 30.3 Å².